The lowest BCUT2D eigenvalue weighted by molar-refractivity contribution is 0.122. The van der Waals surface area contributed by atoms with Crippen LogP contribution in [0.5, 0.6) is 0 Å². The van der Waals surface area contributed by atoms with E-state index in [4.69, 9.17) is 16.2 Å². The molecule has 10 heteroatoms. The van der Waals surface area contributed by atoms with Gasteiger partial charge in [-0.3, -0.25) is 4.98 Å². The molecule has 0 aromatic carbocycles. The van der Waals surface area contributed by atoms with Gasteiger partial charge in [-0.15, -0.1) is 0 Å². The third-order valence-corrected chi connectivity index (χ3v) is 4.29. The predicted octanol–water partition coefficient (Wildman–Crippen LogP) is 1.38. The molecule has 10 nitrogen and oxygen atoms in total. The number of hydrogen-bond acceptors (Lipinski definition) is 10. The van der Waals surface area contributed by atoms with E-state index in [1.165, 1.54) is 0 Å². The summed E-state index contributed by atoms with van der Waals surface area (Å²) in [6, 6.07) is 5.63. The average molecular weight is 379 g/mol. The summed E-state index contributed by atoms with van der Waals surface area (Å²) in [5, 5.41) is 3.31. The third kappa shape index (κ3) is 3.91. The Hall–Kier alpha value is -3.53. The zero-order valence-electron chi connectivity index (χ0n) is 15.5. The molecule has 0 spiro atoms. The Balaban J connectivity index is 1.76. The molecule has 1 aliphatic heterocycles. The van der Waals surface area contributed by atoms with Crippen LogP contribution in [-0.4, -0.2) is 51.2 Å². The van der Waals surface area contributed by atoms with Crippen molar-refractivity contribution in [3.05, 3.63) is 36.3 Å². The van der Waals surface area contributed by atoms with Gasteiger partial charge in [0.05, 0.1) is 24.5 Å². The summed E-state index contributed by atoms with van der Waals surface area (Å²) in [5.74, 6) is 1.61. The van der Waals surface area contributed by atoms with Gasteiger partial charge in [-0.25, -0.2) is 9.97 Å². The molecule has 0 aliphatic carbocycles. The van der Waals surface area contributed by atoms with Crippen molar-refractivity contribution in [3.8, 4) is 11.3 Å². The van der Waals surface area contributed by atoms with Gasteiger partial charge in [0.15, 0.2) is 0 Å². The van der Waals surface area contributed by atoms with E-state index in [0.29, 0.717) is 49.3 Å². The number of hydrogen-bond donors (Lipinski definition) is 3. The molecule has 0 unspecified atom stereocenters. The van der Waals surface area contributed by atoms with Crippen LogP contribution in [0.4, 0.5) is 29.2 Å². The van der Waals surface area contributed by atoms with E-state index in [9.17, 15) is 0 Å². The van der Waals surface area contributed by atoms with Crippen LogP contribution in [0.25, 0.3) is 11.3 Å². The first-order valence-corrected chi connectivity index (χ1v) is 8.88. The second-order valence-corrected chi connectivity index (χ2v) is 6.38. The van der Waals surface area contributed by atoms with Crippen molar-refractivity contribution >= 4 is 29.2 Å². The number of nitrogens with two attached hydrogens (primary N) is 2. The largest absolute Gasteiger partial charge is 0.383 e. The lowest BCUT2D eigenvalue weighted by atomic mass is 10.2. The van der Waals surface area contributed by atoms with Crippen LogP contribution in [0, 0.1) is 6.92 Å². The average Bonchev–Trinajstić information content (AvgIpc) is 2.68. The molecule has 1 saturated heterocycles. The molecule has 0 atom stereocenters. The fourth-order valence-corrected chi connectivity index (χ4v) is 2.92. The zero-order chi connectivity index (χ0) is 19.5. The summed E-state index contributed by atoms with van der Waals surface area (Å²) >= 11 is 0. The number of nitrogens with one attached hydrogen (secondary N) is 1. The Morgan fingerprint density at radius 1 is 1.07 bits per heavy atom. The predicted molar refractivity (Wildman–Crippen MR) is 107 cm³/mol. The second kappa shape index (κ2) is 7.61. The molecule has 0 saturated carbocycles. The van der Waals surface area contributed by atoms with Gasteiger partial charge in [0.1, 0.15) is 11.6 Å². The molecule has 1 aliphatic rings. The maximum absolute atomic E-state index is 6.05. The van der Waals surface area contributed by atoms with Gasteiger partial charge in [0, 0.05) is 42.9 Å². The number of rotatable bonds is 4. The lowest BCUT2D eigenvalue weighted by Gasteiger charge is -2.27. The smallest absolute Gasteiger partial charge is 0.228 e. The zero-order valence-corrected chi connectivity index (χ0v) is 15.5. The van der Waals surface area contributed by atoms with Crippen molar-refractivity contribution in [2.45, 2.75) is 6.92 Å². The number of anilines is 5. The molecular formula is C18H21N9O. The van der Waals surface area contributed by atoms with Gasteiger partial charge >= 0.3 is 0 Å². The van der Waals surface area contributed by atoms with Crippen molar-refractivity contribution in [1.82, 2.24) is 24.9 Å². The van der Waals surface area contributed by atoms with Crippen LogP contribution in [0.15, 0.2) is 30.6 Å². The van der Waals surface area contributed by atoms with Gasteiger partial charge in [0.2, 0.25) is 11.9 Å². The van der Waals surface area contributed by atoms with Crippen LogP contribution < -0.4 is 21.7 Å². The second-order valence-electron chi connectivity index (χ2n) is 6.38. The minimum Gasteiger partial charge on any atom is -0.383 e. The highest BCUT2D eigenvalue weighted by atomic mass is 16.5. The highest BCUT2D eigenvalue weighted by molar-refractivity contribution is 5.74. The summed E-state index contributed by atoms with van der Waals surface area (Å²) in [7, 11) is 0. The van der Waals surface area contributed by atoms with Gasteiger partial charge in [-0.1, -0.05) is 0 Å². The number of aromatic nitrogens is 5. The van der Waals surface area contributed by atoms with Crippen molar-refractivity contribution in [1.29, 1.82) is 0 Å². The Morgan fingerprint density at radius 2 is 1.89 bits per heavy atom. The van der Waals surface area contributed by atoms with Crippen LogP contribution in [0.1, 0.15) is 5.69 Å². The molecule has 4 rings (SSSR count). The van der Waals surface area contributed by atoms with E-state index in [-0.39, 0.29) is 11.8 Å². The maximum atomic E-state index is 6.05. The number of nitrogen functional groups attached to an aromatic ring is 2. The first-order chi connectivity index (χ1) is 13.6. The maximum Gasteiger partial charge on any atom is 0.228 e. The van der Waals surface area contributed by atoms with Crippen molar-refractivity contribution < 1.29 is 4.74 Å². The van der Waals surface area contributed by atoms with E-state index in [1.807, 2.05) is 25.1 Å². The van der Waals surface area contributed by atoms with Crippen LogP contribution in [0.3, 0.4) is 0 Å². The fourth-order valence-electron chi connectivity index (χ4n) is 2.92. The van der Waals surface area contributed by atoms with Crippen molar-refractivity contribution in [2.75, 3.05) is 48.0 Å². The molecule has 0 amide bonds. The highest BCUT2D eigenvalue weighted by Crippen LogP contribution is 2.28. The lowest BCUT2D eigenvalue weighted by Crippen LogP contribution is -2.37. The monoisotopic (exact) mass is 379 g/mol. The van der Waals surface area contributed by atoms with E-state index in [2.05, 4.69) is 35.1 Å². The first-order valence-electron chi connectivity index (χ1n) is 8.88. The van der Waals surface area contributed by atoms with Crippen molar-refractivity contribution in [2.24, 2.45) is 0 Å². The molecule has 0 bridgehead atoms. The molecular weight excluding hydrogens is 358 g/mol. The van der Waals surface area contributed by atoms with E-state index < -0.39 is 0 Å². The van der Waals surface area contributed by atoms with E-state index >= 15 is 0 Å². The van der Waals surface area contributed by atoms with Crippen LogP contribution in [0.2, 0.25) is 0 Å². The normalized spacial score (nSPS) is 14.1. The minimum absolute atomic E-state index is 0.120. The van der Waals surface area contributed by atoms with Gasteiger partial charge < -0.3 is 26.4 Å². The molecule has 3 aromatic heterocycles. The summed E-state index contributed by atoms with van der Waals surface area (Å²) in [6.07, 6.45) is 3.32. The molecule has 0 radical (unpaired) electrons. The Kier molecular flexibility index (Phi) is 4.85. The number of pyridine rings is 1. The minimum atomic E-state index is 0.120. The third-order valence-electron chi connectivity index (χ3n) is 4.29. The fraction of sp³-hybridized carbons (Fsp3) is 0.278. The number of ether oxygens (including phenoxy) is 1. The molecule has 144 valence electrons. The Labute approximate surface area is 162 Å². The van der Waals surface area contributed by atoms with Gasteiger partial charge in [-0.2, -0.15) is 9.97 Å². The number of nitrogens with zero attached hydrogens (tertiary/aromatic N) is 6. The molecule has 1 fully saturated rings. The summed E-state index contributed by atoms with van der Waals surface area (Å²) in [5.41, 5.74) is 14.7. The van der Waals surface area contributed by atoms with E-state index in [0.717, 1.165) is 11.4 Å². The Bertz CT molecular complexity index is 989. The first kappa shape index (κ1) is 17.9. The number of aryl methyl sites for hydroxylation is 1. The van der Waals surface area contributed by atoms with Gasteiger partial charge in [-0.05, 0) is 19.1 Å². The topological polar surface area (TPSA) is 141 Å². The highest BCUT2D eigenvalue weighted by Gasteiger charge is 2.18. The quantitative estimate of drug-likeness (QED) is 0.608. The van der Waals surface area contributed by atoms with Crippen molar-refractivity contribution in [3.63, 3.8) is 0 Å². The van der Waals surface area contributed by atoms with E-state index in [1.54, 1.807) is 12.4 Å². The molecule has 4 heterocycles. The van der Waals surface area contributed by atoms with Crippen LogP contribution >= 0.6 is 0 Å². The molecule has 5 N–H and O–H groups in total. The van der Waals surface area contributed by atoms with Gasteiger partial charge in [0.25, 0.3) is 0 Å². The molecule has 28 heavy (non-hydrogen) atoms. The summed E-state index contributed by atoms with van der Waals surface area (Å²) in [6.45, 7) is 4.62. The standard InChI is InChI=1S/C18H21N9O/c1-11-8-12(2-3-21-11)23-15-9-14(13-10-22-17(20)26-16(13)19)24-18(25-15)27-4-6-28-7-5-27/h2-3,8-10H,4-7H2,1H3,(H4,19,20,22,26)(H,21,23,24,25). The van der Waals surface area contributed by atoms with Crippen LogP contribution in [-0.2, 0) is 4.74 Å². The molecule has 3 aromatic rings. The Morgan fingerprint density at radius 3 is 2.64 bits per heavy atom. The number of morpholine rings is 1. The summed E-state index contributed by atoms with van der Waals surface area (Å²) in [4.78, 5) is 23.7. The summed E-state index contributed by atoms with van der Waals surface area (Å²) < 4.78 is 5.43. The SMILES string of the molecule is Cc1cc(Nc2cc(-c3cnc(N)nc3N)nc(N3CCOCC3)n2)ccn1.